The first-order valence-electron chi connectivity index (χ1n) is 7.96. The van der Waals surface area contributed by atoms with Crippen LogP contribution < -0.4 is 5.32 Å². The molecule has 1 aliphatic heterocycles. The standard InChI is InChI=1S/C17H26ClFN2/c1-4-12(3)17-9-20-15(5-2)11-21(17)10-13-8-14(18)6-7-16(13)19/h6-8,12,15,17,20H,4-5,9-11H2,1-3H3. The second-order valence-corrected chi connectivity index (χ2v) is 6.57. The fraction of sp³-hybridized carbons (Fsp3) is 0.647. The summed E-state index contributed by atoms with van der Waals surface area (Å²) in [4.78, 5) is 2.42. The molecule has 1 fully saturated rings. The van der Waals surface area contributed by atoms with E-state index in [-0.39, 0.29) is 5.82 Å². The minimum atomic E-state index is -0.158. The molecule has 1 saturated heterocycles. The Balaban J connectivity index is 2.17. The average molecular weight is 313 g/mol. The lowest BCUT2D eigenvalue weighted by molar-refractivity contribution is 0.0822. The lowest BCUT2D eigenvalue weighted by atomic mass is 9.93. The zero-order chi connectivity index (χ0) is 15.4. The molecule has 0 amide bonds. The number of hydrogen-bond donors (Lipinski definition) is 1. The molecule has 0 radical (unpaired) electrons. The van der Waals surface area contributed by atoms with Gasteiger partial charge in [0.15, 0.2) is 0 Å². The smallest absolute Gasteiger partial charge is 0.127 e. The van der Waals surface area contributed by atoms with Gasteiger partial charge in [0.1, 0.15) is 5.82 Å². The Hall–Kier alpha value is -0.640. The third-order valence-corrected chi connectivity index (χ3v) is 4.95. The van der Waals surface area contributed by atoms with E-state index in [0.29, 0.717) is 35.1 Å². The van der Waals surface area contributed by atoms with E-state index < -0.39 is 0 Å². The fourth-order valence-electron chi connectivity index (χ4n) is 3.07. The van der Waals surface area contributed by atoms with E-state index in [0.717, 1.165) is 25.9 Å². The summed E-state index contributed by atoms with van der Waals surface area (Å²) in [5.41, 5.74) is 0.701. The van der Waals surface area contributed by atoms with Gasteiger partial charge >= 0.3 is 0 Å². The summed E-state index contributed by atoms with van der Waals surface area (Å²) in [5.74, 6) is 0.437. The van der Waals surface area contributed by atoms with Crippen LogP contribution in [0.5, 0.6) is 0 Å². The van der Waals surface area contributed by atoms with Gasteiger partial charge in [-0.1, -0.05) is 38.8 Å². The van der Waals surface area contributed by atoms with Crippen molar-refractivity contribution in [3.63, 3.8) is 0 Å². The maximum Gasteiger partial charge on any atom is 0.127 e. The molecule has 0 bridgehead atoms. The lowest BCUT2D eigenvalue weighted by Crippen LogP contribution is -2.57. The van der Waals surface area contributed by atoms with Crippen molar-refractivity contribution >= 4 is 11.6 Å². The highest BCUT2D eigenvalue weighted by atomic mass is 35.5. The van der Waals surface area contributed by atoms with Crippen LogP contribution in [0.1, 0.15) is 39.2 Å². The van der Waals surface area contributed by atoms with Gasteiger partial charge in [0.05, 0.1) is 0 Å². The van der Waals surface area contributed by atoms with Gasteiger partial charge in [0, 0.05) is 42.3 Å². The van der Waals surface area contributed by atoms with E-state index in [1.807, 2.05) is 0 Å². The predicted octanol–water partition coefficient (Wildman–Crippen LogP) is 4.08. The van der Waals surface area contributed by atoms with E-state index in [1.165, 1.54) is 6.07 Å². The summed E-state index contributed by atoms with van der Waals surface area (Å²) >= 11 is 6.02. The lowest BCUT2D eigenvalue weighted by Gasteiger charge is -2.43. The number of nitrogens with zero attached hydrogens (tertiary/aromatic N) is 1. The van der Waals surface area contributed by atoms with E-state index in [9.17, 15) is 4.39 Å². The van der Waals surface area contributed by atoms with Crippen LogP contribution in [0.4, 0.5) is 4.39 Å². The maximum atomic E-state index is 14.0. The van der Waals surface area contributed by atoms with E-state index in [1.54, 1.807) is 12.1 Å². The van der Waals surface area contributed by atoms with Gasteiger partial charge in [-0.3, -0.25) is 4.90 Å². The molecule has 2 nitrogen and oxygen atoms in total. The highest BCUT2D eigenvalue weighted by Crippen LogP contribution is 2.23. The summed E-state index contributed by atoms with van der Waals surface area (Å²) in [6.07, 6.45) is 2.24. The number of benzene rings is 1. The number of rotatable bonds is 5. The first kappa shape index (κ1) is 16.7. The first-order chi connectivity index (χ1) is 10.0. The molecule has 3 unspecified atom stereocenters. The van der Waals surface area contributed by atoms with Crippen LogP contribution in [0.25, 0.3) is 0 Å². The Morgan fingerprint density at radius 1 is 1.43 bits per heavy atom. The largest absolute Gasteiger partial charge is 0.311 e. The van der Waals surface area contributed by atoms with Crippen molar-refractivity contribution in [2.75, 3.05) is 13.1 Å². The number of hydrogen-bond acceptors (Lipinski definition) is 2. The maximum absolute atomic E-state index is 14.0. The molecular weight excluding hydrogens is 287 g/mol. The molecule has 0 spiro atoms. The van der Waals surface area contributed by atoms with Gasteiger partial charge < -0.3 is 5.32 Å². The van der Waals surface area contributed by atoms with Gasteiger partial charge in [-0.15, -0.1) is 0 Å². The van der Waals surface area contributed by atoms with Gasteiger partial charge in [0.2, 0.25) is 0 Å². The summed E-state index contributed by atoms with van der Waals surface area (Å²) in [6.45, 7) is 9.28. The molecule has 1 N–H and O–H groups in total. The third kappa shape index (κ3) is 4.18. The van der Waals surface area contributed by atoms with Crippen LogP contribution in [0.2, 0.25) is 5.02 Å². The van der Waals surface area contributed by atoms with Crippen molar-refractivity contribution in [1.82, 2.24) is 10.2 Å². The molecule has 118 valence electrons. The number of piperazine rings is 1. The van der Waals surface area contributed by atoms with Crippen LogP contribution in [0.15, 0.2) is 18.2 Å². The Morgan fingerprint density at radius 3 is 2.86 bits per heavy atom. The van der Waals surface area contributed by atoms with Gasteiger partial charge in [-0.05, 0) is 30.5 Å². The van der Waals surface area contributed by atoms with Crippen molar-refractivity contribution in [2.24, 2.45) is 5.92 Å². The number of halogens is 2. The van der Waals surface area contributed by atoms with Crippen molar-refractivity contribution in [1.29, 1.82) is 0 Å². The molecular formula is C17H26ClFN2. The Labute approximate surface area is 132 Å². The molecule has 4 heteroatoms. The van der Waals surface area contributed by atoms with Crippen LogP contribution in [0, 0.1) is 11.7 Å². The van der Waals surface area contributed by atoms with E-state index in [2.05, 4.69) is 31.0 Å². The minimum absolute atomic E-state index is 0.158. The van der Waals surface area contributed by atoms with Gasteiger partial charge in [0.25, 0.3) is 0 Å². The second kappa shape index (κ2) is 7.57. The van der Waals surface area contributed by atoms with Crippen molar-refractivity contribution in [3.8, 4) is 0 Å². The molecule has 0 saturated carbocycles. The topological polar surface area (TPSA) is 15.3 Å². The summed E-state index contributed by atoms with van der Waals surface area (Å²) in [7, 11) is 0. The average Bonchev–Trinajstić information content (AvgIpc) is 2.50. The number of nitrogens with one attached hydrogen (secondary N) is 1. The zero-order valence-corrected chi connectivity index (χ0v) is 14.0. The highest BCUT2D eigenvalue weighted by Gasteiger charge is 2.30. The van der Waals surface area contributed by atoms with Crippen LogP contribution in [0.3, 0.4) is 0 Å². The molecule has 1 aliphatic rings. The molecule has 0 aromatic heterocycles. The molecule has 0 aliphatic carbocycles. The highest BCUT2D eigenvalue weighted by molar-refractivity contribution is 6.30. The predicted molar refractivity (Wildman–Crippen MR) is 87.1 cm³/mol. The Bertz CT molecular complexity index is 466. The Morgan fingerprint density at radius 2 is 2.19 bits per heavy atom. The SMILES string of the molecule is CCC1CN(Cc2cc(Cl)ccc2F)C(C(C)CC)CN1. The van der Waals surface area contributed by atoms with Crippen LogP contribution in [-0.2, 0) is 6.54 Å². The zero-order valence-electron chi connectivity index (χ0n) is 13.2. The first-order valence-corrected chi connectivity index (χ1v) is 8.34. The van der Waals surface area contributed by atoms with Gasteiger partial charge in [-0.25, -0.2) is 4.39 Å². The summed E-state index contributed by atoms with van der Waals surface area (Å²) < 4.78 is 14.0. The molecule has 2 rings (SSSR count). The minimum Gasteiger partial charge on any atom is -0.311 e. The quantitative estimate of drug-likeness (QED) is 0.881. The van der Waals surface area contributed by atoms with Crippen molar-refractivity contribution in [3.05, 3.63) is 34.6 Å². The molecule has 21 heavy (non-hydrogen) atoms. The van der Waals surface area contributed by atoms with Crippen LogP contribution in [-0.4, -0.2) is 30.1 Å². The third-order valence-electron chi connectivity index (χ3n) is 4.71. The molecule has 3 atom stereocenters. The van der Waals surface area contributed by atoms with E-state index >= 15 is 0 Å². The van der Waals surface area contributed by atoms with Crippen molar-refractivity contribution < 1.29 is 4.39 Å². The van der Waals surface area contributed by atoms with Gasteiger partial charge in [-0.2, -0.15) is 0 Å². The normalized spacial score (nSPS) is 25.0. The molecule has 1 aromatic carbocycles. The molecule has 1 aromatic rings. The molecule has 1 heterocycles. The van der Waals surface area contributed by atoms with E-state index in [4.69, 9.17) is 11.6 Å². The van der Waals surface area contributed by atoms with Crippen LogP contribution >= 0.6 is 11.6 Å². The summed E-state index contributed by atoms with van der Waals surface area (Å²) in [6, 6.07) is 5.78. The summed E-state index contributed by atoms with van der Waals surface area (Å²) in [5, 5.41) is 4.22. The van der Waals surface area contributed by atoms with Crippen molar-refractivity contribution in [2.45, 2.75) is 52.2 Å². The fourth-order valence-corrected chi connectivity index (χ4v) is 3.27. The Kier molecular flexibility index (Phi) is 6.03. The second-order valence-electron chi connectivity index (χ2n) is 6.13. The monoisotopic (exact) mass is 312 g/mol.